The molecule has 3 N–H and O–H groups in total. The number of carboxylic acid groups (broad SMARTS) is 1. The molecule has 0 saturated heterocycles. The first-order valence-corrected chi connectivity index (χ1v) is 5.19. The van der Waals surface area contributed by atoms with Crippen LogP contribution >= 0.6 is 0 Å². The summed E-state index contributed by atoms with van der Waals surface area (Å²) in [5.41, 5.74) is 5.38. The van der Waals surface area contributed by atoms with Crippen LogP contribution in [0.15, 0.2) is 16.7 Å². The van der Waals surface area contributed by atoms with Gasteiger partial charge in [-0.05, 0) is 25.3 Å². The van der Waals surface area contributed by atoms with Crippen LogP contribution in [0.4, 0.5) is 0 Å². The normalized spacial score (nSPS) is 31.3. The SMILES string of the molecule is NC1(C(=O)O)c2ccoc2CCC12CC2. The number of furan rings is 1. The lowest BCUT2D eigenvalue weighted by Crippen LogP contribution is -2.54. The van der Waals surface area contributed by atoms with Crippen molar-refractivity contribution in [1.82, 2.24) is 0 Å². The second-order valence-corrected chi connectivity index (χ2v) is 4.65. The molecule has 1 saturated carbocycles. The fraction of sp³-hybridized carbons (Fsp3) is 0.545. The Labute approximate surface area is 87.1 Å². The minimum absolute atomic E-state index is 0.213. The number of fused-ring (bicyclic) bond motifs is 1. The Morgan fingerprint density at radius 2 is 2.20 bits per heavy atom. The molecule has 4 nitrogen and oxygen atoms in total. The van der Waals surface area contributed by atoms with Crippen LogP contribution in [0, 0.1) is 5.41 Å². The van der Waals surface area contributed by atoms with Crippen LogP contribution in [-0.4, -0.2) is 11.1 Å². The van der Waals surface area contributed by atoms with Gasteiger partial charge in [-0.3, -0.25) is 0 Å². The van der Waals surface area contributed by atoms with E-state index < -0.39 is 11.5 Å². The van der Waals surface area contributed by atoms with Crippen LogP contribution in [0.1, 0.15) is 30.6 Å². The summed E-state index contributed by atoms with van der Waals surface area (Å²) >= 11 is 0. The van der Waals surface area contributed by atoms with Crippen molar-refractivity contribution in [2.75, 3.05) is 0 Å². The lowest BCUT2D eigenvalue weighted by Gasteiger charge is -2.37. The monoisotopic (exact) mass is 207 g/mol. The van der Waals surface area contributed by atoms with Crippen LogP contribution in [0.5, 0.6) is 0 Å². The summed E-state index contributed by atoms with van der Waals surface area (Å²) in [5.74, 6) is -0.181. The molecule has 80 valence electrons. The number of hydrogen-bond donors (Lipinski definition) is 2. The number of rotatable bonds is 1. The third kappa shape index (κ3) is 0.880. The molecule has 0 amide bonds. The third-order valence-corrected chi connectivity index (χ3v) is 4.03. The molecule has 1 heterocycles. The molecule has 0 aliphatic heterocycles. The maximum Gasteiger partial charge on any atom is 0.329 e. The van der Waals surface area contributed by atoms with Gasteiger partial charge in [0.2, 0.25) is 0 Å². The van der Waals surface area contributed by atoms with Crippen molar-refractivity contribution in [2.45, 2.75) is 31.2 Å². The minimum Gasteiger partial charge on any atom is -0.480 e. The number of hydrogen-bond acceptors (Lipinski definition) is 3. The largest absolute Gasteiger partial charge is 0.480 e. The van der Waals surface area contributed by atoms with Gasteiger partial charge in [0.25, 0.3) is 0 Å². The van der Waals surface area contributed by atoms with E-state index in [1.54, 1.807) is 6.07 Å². The van der Waals surface area contributed by atoms with Crippen LogP contribution in [0.25, 0.3) is 0 Å². The Balaban J connectivity index is 2.21. The summed E-state index contributed by atoms with van der Waals surface area (Å²) in [5, 5.41) is 9.37. The lowest BCUT2D eigenvalue weighted by molar-refractivity contribution is -0.147. The molecular weight excluding hydrogens is 194 g/mol. The summed E-state index contributed by atoms with van der Waals surface area (Å²) in [4.78, 5) is 11.4. The molecule has 1 spiro atoms. The predicted molar refractivity (Wildman–Crippen MR) is 52.2 cm³/mol. The van der Waals surface area contributed by atoms with Crippen molar-refractivity contribution in [3.05, 3.63) is 23.7 Å². The fourth-order valence-corrected chi connectivity index (χ4v) is 2.86. The van der Waals surface area contributed by atoms with E-state index in [-0.39, 0.29) is 5.41 Å². The summed E-state index contributed by atoms with van der Waals surface area (Å²) in [6.07, 6.45) is 5.02. The summed E-state index contributed by atoms with van der Waals surface area (Å²) in [6.45, 7) is 0. The molecule has 4 heteroatoms. The Morgan fingerprint density at radius 1 is 1.47 bits per heavy atom. The van der Waals surface area contributed by atoms with Crippen LogP contribution in [0.3, 0.4) is 0 Å². The van der Waals surface area contributed by atoms with Gasteiger partial charge in [0.15, 0.2) is 0 Å². The summed E-state index contributed by atoms with van der Waals surface area (Å²) < 4.78 is 5.28. The minimum atomic E-state index is -1.23. The second-order valence-electron chi connectivity index (χ2n) is 4.65. The van der Waals surface area contributed by atoms with Gasteiger partial charge in [-0.2, -0.15) is 0 Å². The molecule has 3 rings (SSSR count). The highest BCUT2D eigenvalue weighted by molar-refractivity contribution is 5.83. The van der Waals surface area contributed by atoms with Crippen LogP contribution in [0.2, 0.25) is 0 Å². The van der Waals surface area contributed by atoms with Gasteiger partial charge in [-0.1, -0.05) is 0 Å². The Hall–Kier alpha value is -1.29. The maximum absolute atomic E-state index is 11.4. The van der Waals surface area contributed by atoms with Crippen LogP contribution in [-0.2, 0) is 16.8 Å². The van der Waals surface area contributed by atoms with Crippen molar-refractivity contribution in [3.63, 3.8) is 0 Å². The standard InChI is InChI=1S/C11H13NO3/c12-11(9(13)14)7-2-6-15-8(7)1-3-10(11)4-5-10/h2,6H,1,3-5,12H2,(H,13,14). The zero-order chi connectivity index (χ0) is 10.7. The van der Waals surface area contributed by atoms with Gasteiger partial charge in [0, 0.05) is 17.4 Å². The van der Waals surface area contributed by atoms with E-state index in [2.05, 4.69) is 0 Å². The first kappa shape index (κ1) is 8.97. The van der Waals surface area contributed by atoms with Gasteiger partial charge in [0.05, 0.1) is 6.26 Å². The van der Waals surface area contributed by atoms with E-state index in [0.29, 0.717) is 5.56 Å². The van der Waals surface area contributed by atoms with Crippen molar-refractivity contribution in [1.29, 1.82) is 0 Å². The van der Waals surface area contributed by atoms with E-state index >= 15 is 0 Å². The van der Waals surface area contributed by atoms with Gasteiger partial charge in [-0.15, -0.1) is 0 Å². The molecule has 2 aliphatic carbocycles. The van der Waals surface area contributed by atoms with Crippen LogP contribution < -0.4 is 5.73 Å². The van der Waals surface area contributed by atoms with Crippen molar-refractivity contribution in [3.8, 4) is 0 Å². The molecule has 0 radical (unpaired) electrons. The molecule has 1 aromatic heterocycles. The lowest BCUT2D eigenvalue weighted by atomic mass is 9.69. The van der Waals surface area contributed by atoms with Gasteiger partial charge in [-0.25, -0.2) is 4.79 Å². The fourth-order valence-electron chi connectivity index (χ4n) is 2.86. The highest BCUT2D eigenvalue weighted by Crippen LogP contribution is 2.62. The van der Waals surface area contributed by atoms with Gasteiger partial charge < -0.3 is 15.3 Å². The van der Waals surface area contributed by atoms with Gasteiger partial charge in [0.1, 0.15) is 11.3 Å². The average Bonchev–Trinajstić information content (AvgIpc) is 2.82. The Kier molecular flexibility index (Phi) is 1.46. The number of aliphatic carboxylic acids is 1. The van der Waals surface area contributed by atoms with E-state index in [1.165, 1.54) is 6.26 Å². The van der Waals surface area contributed by atoms with Crippen molar-refractivity contribution < 1.29 is 14.3 Å². The molecule has 2 aliphatic rings. The molecule has 1 fully saturated rings. The van der Waals surface area contributed by atoms with E-state index in [1.807, 2.05) is 0 Å². The zero-order valence-electron chi connectivity index (χ0n) is 8.32. The molecule has 1 aromatic rings. The number of aryl methyl sites for hydroxylation is 1. The maximum atomic E-state index is 11.4. The van der Waals surface area contributed by atoms with Crippen molar-refractivity contribution in [2.24, 2.45) is 11.1 Å². The molecule has 15 heavy (non-hydrogen) atoms. The predicted octanol–water partition coefficient (Wildman–Crippen LogP) is 1.24. The van der Waals surface area contributed by atoms with E-state index in [0.717, 1.165) is 31.4 Å². The second kappa shape index (κ2) is 2.44. The third-order valence-electron chi connectivity index (χ3n) is 4.03. The molecule has 1 unspecified atom stereocenters. The highest BCUT2D eigenvalue weighted by atomic mass is 16.4. The molecule has 0 bridgehead atoms. The number of carbonyl (C=O) groups is 1. The Bertz CT molecular complexity index is 433. The zero-order valence-corrected chi connectivity index (χ0v) is 8.32. The number of nitrogens with two attached hydrogens (primary N) is 1. The van der Waals surface area contributed by atoms with E-state index in [9.17, 15) is 9.90 Å². The van der Waals surface area contributed by atoms with E-state index in [4.69, 9.17) is 10.2 Å². The smallest absolute Gasteiger partial charge is 0.329 e. The Morgan fingerprint density at radius 3 is 2.80 bits per heavy atom. The number of carboxylic acids is 1. The summed E-state index contributed by atoms with van der Waals surface area (Å²) in [6, 6.07) is 1.71. The first-order chi connectivity index (χ1) is 7.10. The van der Waals surface area contributed by atoms with Gasteiger partial charge >= 0.3 is 5.97 Å². The molecule has 1 atom stereocenters. The highest BCUT2D eigenvalue weighted by Gasteiger charge is 2.65. The molecular formula is C11H13NO3. The first-order valence-electron chi connectivity index (χ1n) is 5.19. The quantitative estimate of drug-likeness (QED) is 0.726. The topological polar surface area (TPSA) is 76.5 Å². The van der Waals surface area contributed by atoms with Crippen molar-refractivity contribution >= 4 is 5.97 Å². The average molecular weight is 207 g/mol. The molecule has 0 aromatic carbocycles. The summed E-state index contributed by atoms with van der Waals surface area (Å²) in [7, 11) is 0.